The van der Waals surface area contributed by atoms with Crippen LogP contribution in [0.3, 0.4) is 0 Å². The van der Waals surface area contributed by atoms with Crippen LogP contribution >= 0.6 is 11.8 Å². The van der Waals surface area contributed by atoms with Crippen LogP contribution in [0.2, 0.25) is 0 Å². The summed E-state index contributed by atoms with van der Waals surface area (Å²) in [6, 6.07) is 7.87. The molecular weight excluding hydrogens is 328 g/mol. The quantitative estimate of drug-likeness (QED) is 0.552. The number of aromatic nitrogens is 2. The number of ether oxygens (including phenoxy) is 2. The van der Waals surface area contributed by atoms with E-state index in [-0.39, 0.29) is 18.3 Å². The molecule has 1 aromatic heterocycles. The van der Waals surface area contributed by atoms with Crippen LogP contribution in [-0.4, -0.2) is 40.1 Å². The van der Waals surface area contributed by atoms with Crippen molar-refractivity contribution in [3.8, 4) is 5.75 Å². The van der Waals surface area contributed by atoms with Crippen molar-refractivity contribution in [3.05, 3.63) is 41.7 Å². The van der Waals surface area contributed by atoms with Crippen LogP contribution in [0.1, 0.15) is 18.2 Å². The molecule has 24 heavy (non-hydrogen) atoms. The van der Waals surface area contributed by atoms with E-state index in [1.807, 2.05) is 28.8 Å². The van der Waals surface area contributed by atoms with Gasteiger partial charge in [-0.15, -0.1) is 0 Å². The first-order valence-electron chi connectivity index (χ1n) is 7.74. The van der Waals surface area contributed by atoms with Gasteiger partial charge in [0.2, 0.25) is 0 Å². The molecule has 0 radical (unpaired) electrons. The highest BCUT2D eigenvalue weighted by atomic mass is 32.2. The second-order valence-electron chi connectivity index (χ2n) is 5.03. The number of imidazole rings is 1. The van der Waals surface area contributed by atoms with Gasteiger partial charge >= 0.3 is 5.97 Å². The van der Waals surface area contributed by atoms with Gasteiger partial charge in [0.15, 0.2) is 5.16 Å². The third kappa shape index (κ3) is 5.01. The van der Waals surface area contributed by atoms with Crippen molar-refractivity contribution < 1.29 is 19.4 Å². The Kier molecular flexibility index (Phi) is 7.14. The zero-order valence-electron chi connectivity index (χ0n) is 13.9. The maximum Gasteiger partial charge on any atom is 0.316 e. The second-order valence-corrected chi connectivity index (χ2v) is 5.98. The fraction of sp³-hybridized carbons (Fsp3) is 0.412. The summed E-state index contributed by atoms with van der Waals surface area (Å²) in [5, 5.41) is 10.2. The maximum absolute atomic E-state index is 11.5. The zero-order valence-corrected chi connectivity index (χ0v) is 14.7. The average Bonchev–Trinajstić information content (AvgIpc) is 3.00. The topological polar surface area (TPSA) is 73.6 Å². The third-order valence-corrected chi connectivity index (χ3v) is 4.44. The number of aliphatic hydroxyl groups is 1. The van der Waals surface area contributed by atoms with E-state index in [1.165, 1.54) is 11.8 Å². The molecule has 0 aliphatic heterocycles. The monoisotopic (exact) mass is 350 g/mol. The van der Waals surface area contributed by atoms with E-state index in [0.717, 1.165) is 23.4 Å². The first-order valence-corrected chi connectivity index (χ1v) is 8.73. The summed E-state index contributed by atoms with van der Waals surface area (Å²) in [7, 11) is 1.64. The molecule has 130 valence electrons. The highest BCUT2D eigenvalue weighted by Gasteiger charge is 2.12. The number of hydrogen-bond acceptors (Lipinski definition) is 6. The Hall–Kier alpha value is -1.99. The van der Waals surface area contributed by atoms with Crippen molar-refractivity contribution in [2.75, 3.05) is 19.5 Å². The van der Waals surface area contributed by atoms with Gasteiger partial charge in [-0.05, 0) is 31.0 Å². The van der Waals surface area contributed by atoms with Gasteiger partial charge in [-0.1, -0.05) is 23.9 Å². The minimum Gasteiger partial charge on any atom is -0.497 e. The van der Waals surface area contributed by atoms with Crippen molar-refractivity contribution >= 4 is 17.7 Å². The summed E-state index contributed by atoms with van der Waals surface area (Å²) >= 11 is 1.32. The number of benzene rings is 1. The molecular formula is C17H22N2O4S. The van der Waals surface area contributed by atoms with Gasteiger partial charge in [-0.25, -0.2) is 4.98 Å². The van der Waals surface area contributed by atoms with Gasteiger partial charge in [-0.2, -0.15) is 0 Å². The fourth-order valence-electron chi connectivity index (χ4n) is 2.23. The lowest BCUT2D eigenvalue weighted by Gasteiger charge is -2.11. The van der Waals surface area contributed by atoms with Crippen LogP contribution in [-0.2, 0) is 29.1 Å². The Bertz CT molecular complexity index is 655. The smallest absolute Gasteiger partial charge is 0.316 e. The van der Waals surface area contributed by atoms with Crippen molar-refractivity contribution in [3.63, 3.8) is 0 Å². The number of rotatable bonds is 9. The van der Waals surface area contributed by atoms with Crippen LogP contribution in [0.25, 0.3) is 0 Å². The molecule has 0 aliphatic rings. The van der Waals surface area contributed by atoms with Crippen molar-refractivity contribution in [2.24, 2.45) is 0 Å². The maximum atomic E-state index is 11.5. The van der Waals surface area contributed by atoms with E-state index in [4.69, 9.17) is 9.47 Å². The summed E-state index contributed by atoms with van der Waals surface area (Å²) in [6.45, 7) is 2.73. The first kappa shape index (κ1) is 18.4. The summed E-state index contributed by atoms with van der Waals surface area (Å²) < 4.78 is 12.0. The predicted molar refractivity (Wildman–Crippen MR) is 92.2 cm³/mol. The Labute approximate surface area is 145 Å². The van der Waals surface area contributed by atoms with E-state index in [1.54, 1.807) is 20.2 Å². The largest absolute Gasteiger partial charge is 0.497 e. The lowest BCUT2D eigenvalue weighted by atomic mass is 10.1. The van der Waals surface area contributed by atoms with Crippen LogP contribution in [0, 0.1) is 0 Å². The van der Waals surface area contributed by atoms with Crippen LogP contribution in [0.4, 0.5) is 0 Å². The van der Waals surface area contributed by atoms with Gasteiger partial charge in [0, 0.05) is 6.54 Å². The average molecular weight is 350 g/mol. The number of aryl methyl sites for hydroxylation is 1. The number of methoxy groups -OCH3 is 1. The van der Waals surface area contributed by atoms with Gasteiger partial charge in [-0.3, -0.25) is 4.79 Å². The molecule has 0 atom stereocenters. The molecule has 2 rings (SSSR count). The highest BCUT2D eigenvalue weighted by Crippen LogP contribution is 2.20. The number of carbonyl (C=O) groups excluding carboxylic acids is 1. The lowest BCUT2D eigenvalue weighted by Crippen LogP contribution is -2.10. The van der Waals surface area contributed by atoms with Gasteiger partial charge < -0.3 is 19.1 Å². The number of carbonyl (C=O) groups is 1. The molecule has 1 aromatic carbocycles. The number of thioether (sulfide) groups is 1. The van der Waals surface area contributed by atoms with Gasteiger partial charge in [0.1, 0.15) is 5.75 Å². The molecule has 7 heteroatoms. The minimum atomic E-state index is -0.266. The van der Waals surface area contributed by atoms with Gasteiger partial charge in [0.05, 0.1) is 38.0 Å². The summed E-state index contributed by atoms with van der Waals surface area (Å²) in [6.07, 6.45) is 2.43. The molecule has 1 N–H and O–H groups in total. The van der Waals surface area contributed by atoms with E-state index in [9.17, 15) is 9.90 Å². The molecule has 0 bridgehead atoms. The molecule has 6 nitrogen and oxygen atoms in total. The zero-order chi connectivity index (χ0) is 17.4. The normalized spacial score (nSPS) is 10.6. The SMILES string of the molecule is CCOC(=O)CSc1ncc(CO)n1CCc1ccc(OC)cc1. The van der Waals surface area contributed by atoms with E-state index < -0.39 is 0 Å². The van der Waals surface area contributed by atoms with E-state index in [0.29, 0.717) is 18.3 Å². The summed E-state index contributed by atoms with van der Waals surface area (Å²) in [4.78, 5) is 15.8. The van der Waals surface area contributed by atoms with E-state index in [2.05, 4.69) is 4.98 Å². The Balaban J connectivity index is 2.01. The summed E-state index contributed by atoms with van der Waals surface area (Å²) in [5.74, 6) is 0.763. The van der Waals surface area contributed by atoms with Crippen LogP contribution < -0.4 is 4.74 Å². The van der Waals surface area contributed by atoms with Crippen molar-refractivity contribution in [1.82, 2.24) is 9.55 Å². The lowest BCUT2D eigenvalue weighted by molar-refractivity contribution is -0.139. The number of esters is 1. The molecule has 0 unspecified atom stereocenters. The van der Waals surface area contributed by atoms with Crippen LogP contribution in [0.5, 0.6) is 5.75 Å². The second kappa shape index (κ2) is 9.34. The molecule has 0 fully saturated rings. The predicted octanol–water partition coefficient (Wildman–Crippen LogP) is 2.28. The Morgan fingerprint density at radius 3 is 2.71 bits per heavy atom. The molecule has 0 amide bonds. The standard InChI is InChI=1S/C17H22N2O4S/c1-3-23-16(21)12-24-17-18-10-14(11-20)19(17)9-8-13-4-6-15(22-2)7-5-13/h4-7,10,20H,3,8-9,11-12H2,1-2H3. The Morgan fingerprint density at radius 1 is 1.33 bits per heavy atom. The number of nitrogens with zero attached hydrogens (tertiary/aromatic N) is 2. The fourth-order valence-corrected chi connectivity index (χ4v) is 3.05. The Morgan fingerprint density at radius 2 is 2.08 bits per heavy atom. The van der Waals surface area contributed by atoms with Crippen molar-refractivity contribution in [2.45, 2.75) is 31.7 Å². The number of aliphatic hydroxyl groups excluding tert-OH is 1. The first-order chi connectivity index (χ1) is 11.7. The molecule has 2 aromatic rings. The summed E-state index contributed by atoms with van der Waals surface area (Å²) in [5.41, 5.74) is 1.89. The van der Waals surface area contributed by atoms with E-state index >= 15 is 0 Å². The van der Waals surface area contributed by atoms with Crippen LogP contribution in [0.15, 0.2) is 35.6 Å². The molecule has 0 saturated carbocycles. The molecule has 0 saturated heterocycles. The third-order valence-electron chi connectivity index (χ3n) is 3.47. The molecule has 0 aliphatic carbocycles. The highest BCUT2D eigenvalue weighted by molar-refractivity contribution is 7.99. The molecule has 0 spiro atoms. The minimum absolute atomic E-state index is 0.0877. The van der Waals surface area contributed by atoms with Gasteiger partial charge in [0.25, 0.3) is 0 Å². The van der Waals surface area contributed by atoms with Crippen molar-refractivity contribution in [1.29, 1.82) is 0 Å². The number of hydrogen-bond donors (Lipinski definition) is 1. The molecule has 1 heterocycles.